The first-order chi connectivity index (χ1) is 18.8. The maximum absolute atomic E-state index is 13.1. The molecule has 4 aliphatic rings. The van der Waals surface area contributed by atoms with Crippen molar-refractivity contribution in [1.82, 2.24) is 9.80 Å². The van der Waals surface area contributed by atoms with Crippen molar-refractivity contribution in [2.45, 2.75) is 37.3 Å². The fraction of sp³-hybridized carbons (Fsp3) is 0.321. The van der Waals surface area contributed by atoms with Gasteiger partial charge in [-0.2, -0.15) is 4.57 Å². The molecule has 39 heavy (non-hydrogen) atoms. The Hall–Kier alpha value is -3.96. The van der Waals surface area contributed by atoms with Gasteiger partial charge in [-0.25, -0.2) is 4.79 Å². The summed E-state index contributed by atoms with van der Waals surface area (Å²) in [6.45, 7) is 1.85. The number of rotatable bonds is 6. The number of para-hydroxylation sites is 1. The molecule has 0 aliphatic carbocycles. The molecule has 0 saturated carbocycles. The van der Waals surface area contributed by atoms with Crippen LogP contribution in [-0.2, 0) is 38.7 Å². The van der Waals surface area contributed by atoms with Gasteiger partial charge in [0.2, 0.25) is 18.4 Å². The molecule has 1 aromatic carbocycles. The van der Waals surface area contributed by atoms with Crippen molar-refractivity contribution in [1.29, 1.82) is 0 Å². The highest BCUT2D eigenvalue weighted by atomic mass is 32.2. The third kappa shape index (κ3) is 4.51. The molecule has 10 nitrogen and oxygen atoms in total. The van der Waals surface area contributed by atoms with E-state index in [1.807, 2.05) is 52.2 Å². The first-order valence-electron chi connectivity index (χ1n) is 12.8. The molecule has 2 saturated heterocycles. The predicted octanol–water partition coefficient (Wildman–Crippen LogP) is 0.803. The maximum atomic E-state index is 13.1. The molecule has 0 radical (unpaired) electrons. The molecular formula is C28H28N5O5S+. The predicted molar refractivity (Wildman–Crippen MR) is 143 cm³/mol. The van der Waals surface area contributed by atoms with Gasteiger partial charge in [0.15, 0.2) is 12.4 Å². The molecule has 3 N–H and O–H groups in total. The van der Waals surface area contributed by atoms with Crippen LogP contribution in [0.2, 0.25) is 0 Å². The SMILES string of the molecule is N[C@@H]1C(=O)N2C(C(=O)O)=C(/C=C3\CCN(Cc4cc[n+](CC(=O)N5CCc6ccccc65)cc4)C3=O)CS[C@H]12. The summed E-state index contributed by atoms with van der Waals surface area (Å²) >= 11 is 1.41. The number of carbonyl (C=O) groups is 4. The van der Waals surface area contributed by atoms with Crippen LogP contribution in [0, 0.1) is 0 Å². The number of thioether (sulfide) groups is 1. The topological polar surface area (TPSA) is 128 Å². The van der Waals surface area contributed by atoms with Gasteiger partial charge in [0.25, 0.3) is 5.91 Å². The number of carboxylic acids is 1. The van der Waals surface area contributed by atoms with Crippen LogP contribution in [0.15, 0.2) is 71.7 Å². The van der Waals surface area contributed by atoms with Crippen LogP contribution in [0.4, 0.5) is 5.69 Å². The third-order valence-corrected chi connectivity index (χ3v) is 8.97. The van der Waals surface area contributed by atoms with Gasteiger partial charge < -0.3 is 20.6 Å². The van der Waals surface area contributed by atoms with Gasteiger partial charge >= 0.3 is 5.97 Å². The van der Waals surface area contributed by atoms with Crippen LogP contribution in [-0.4, -0.2) is 68.9 Å². The molecule has 2 atom stereocenters. The summed E-state index contributed by atoms with van der Waals surface area (Å²) in [5, 5.41) is 9.38. The molecule has 0 bridgehead atoms. The van der Waals surface area contributed by atoms with Gasteiger partial charge in [0.05, 0.1) is 0 Å². The number of benzene rings is 1. The van der Waals surface area contributed by atoms with E-state index in [0.29, 0.717) is 43.0 Å². The minimum Gasteiger partial charge on any atom is -0.477 e. The molecule has 0 spiro atoms. The fourth-order valence-corrected chi connectivity index (χ4v) is 6.82. The monoisotopic (exact) mass is 546 g/mol. The summed E-state index contributed by atoms with van der Waals surface area (Å²) in [5.74, 6) is -1.34. The van der Waals surface area contributed by atoms with Crippen LogP contribution >= 0.6 is 11.8 Å². The number of pyridine rings is 1. The van der Waals surface area contributed by atoms with E-state index < -0.39 is 17.9 Å². The second kappa shape index (κ2) is 9.97. The average molecular weight is 547 g/mol. The number of fused-ring (bicyclic) bond motifs is 2. The maximum Gasteiger partial charge on any atom is 0.352 e. The Labute approximate surface area is 229 Å². The van der Waals surface area contributed by atoms with Gasteiger partial charge in [-0.3, -0.25) is 19.3 Å². The molecule has 6 rings (SSSR count). The summed E-state index contributed by atoms with van der Waals surface area (Å²) < 4.78 is 1.83. The standard InChI is InChI=1S/C28H27N5O5S/c29-23-26(36)33-24(28(37)38)20(16-39-27(23)33)13-19-7-11-31(25(19)35)14-17-5-9-30(10-6-17)15-22(34)32-12-8-18-3-1-2-4-21(18)32/h1-6,9-10,13,23,27H,7-8,11-12,14-16,29H2/p+1/b19-13+/t23-,27-/m1/s1. The molecule has 2 aromatic rings. The Morgan fingerprint density at radius 3 is 2.64 bits per heavy atom. The summed E-state index contributed by atoms with van der Waals surface area (Å²) in [7, 11) is 0. The highest BCUT2D eigenvalue weighted by Crippen LogP contribution is 2.40. The number of aliphatic carboxylic acids is 1. The summed E-state index contributed by atoms with van der Waals surface area (Å²) in [6, 6.07) is 11.1. The lowest BCUT2D eigenvalue weighted by Crippen LogP contribution is -2.68. The lowest BCUT2D eigenvalue weighted by molar-refractivity contribution is -0.684. The minimum atomic E-state index is -1.19. The number of hydrogen-bond donors (Lipinski definition) is 2. The number of aromatic nitrogens is 1. The van der Waals surface area contributed by atoms with Gasteiger partial charge in [0.1, 0.15) is 17.1 Å². The highest BCUT2D eigenvalue weighted by molar-refractivity contribution is 8.00. The van der Waals surface area contributed by atoms with Crippen LogP contribution in [0.5, 0.6) is 0 Å². The molecule has 11 heteroatoms. The van der Waals surface area contributed by atoms with E-state index in [9.17, 15) is 24.3 Å². The van der Waals surface area contributed by atoms with E-state index in [2.05, 4.69) is 6.07 Å². The van der Waals surface area contributed by atoms with Crippen LogP contribution < -0.4 is 15.2 Å². The Kier molecular flexibility index (Phi) is 6.48. The van der Waals surface area contributed by atoms with E-state index in [-0.39, 0.29) is 29.4 Å². The molecule has 3 amide bonds. The largest absolute Gasteiger partial charge is 0.477 e. The first kappa shape index (κ1) is 25.3. The van der Waals surface area contributed by atoms with Crippen molar-refractivity contribution >= 4 is 41.1 Å². The van der Waals surface area contributed by atoms with Gasteiger partial charge in [-0.05, 0) is 41.7 Å². The van der Waals surface area contributed by atoms with Gasteiger partial charge in [-0.1, -0.05) is 18.2 Å². The minimum absolute atomic E-state index is 0.0336. The summed E-state index contributed by atoms with van der Waals surface area (Å²) in [5.41, 5.74) is 9.83. The number of carboxylic acid groups (broad SMARTS) is 1. The van der Waals surface area contributed by atoms with Crippen LogP contribution in [0.3, 0.4) is 0 Å². The van der Waals surface area contributed by atoms with Gasteiger partial charge in [-0.15, -0.1) is 11.8 Å². The van der Waals surface area contributed by atoms with E-state index in [1.54, 1.807) is 11.0 Å². The second-order valence-corrected chi connectivity index (χ2v) is 11.2. The van der Waals surface area contributed by atoms with Gasteiger partial charge in [0, 0.05) is 48.8 Å². The number of β-lactam (4-membered cyclic amide) rings is 1. The quantitative estimate of drug-likeness (QED) is 0.312. The molecule has 200 valence electrons. The number of anilines is 1. The number of likely N-dealkylation sites (tertiary alicyclic amines) is 1. The fourth-order valence-electron chi connectivity index (χ4n) is 5.57. The number of amides is 3. The number of carbonyl (C=O) groups excluding carboxylic acids is 3. The molecule has 2 fully saturated rings. The van der Waals surface area contributed by atoms with Crippen molar-refractivity contribution < 1.29 is 28.9 Å². The van der Waals surface area contributed by atoms with E-state index in [1.165, 1.54) is 22.2 Å². The third-order valence-electron chi connectivity index (χ3n) is 7.64. The van der Waals surface area contributed by atoms with Crippen molar-refractivity contribution in [2.75, 3.05) is 23.7 Å². The van der Waals surface area contributed by atoms with Crippen molar-refractivity contribution in [3.63, 3.8) is 0 Å². The Bertz CT molecular complexity index is 1450. The Morgan fingerprint density at radius 1 is 1.10 bits per heavy atom. The van der Waals surface area contributed by atoms with Crippen molar-refractivity contribution in [3.05, 3.63) is 82.8 Å². The van der Waals surface area contributed by atoms with Crippen molar-refractivity contribution in [2.24, 2.45) is 5.73 Å². The summed E-state index contributed by atoms with van der Waals surface area (Å²) in [6.07, 6.45) is 6.69. The normalized spacial score (nSPS) is 23.3. The number of allylic oxidation sites excluding steroid dienone is 1. The molecule has 4 aliphatic heterocycles. The molecule has 1 aromatic heterocycles. The average Bonchev–Trinajstić information content (AvgIpc) is 3.52. The molecule has 0 unspecified atom stereocenters. The first-order valence-corrected chi connectivity index (χ1v) is 13.9. The van der Waals surface area contributed by atoms with E-state index in [4.69, 9.17) is 5.73 Å². The Morgan fingerprint density at radius 2 is 1.87 bits per heavy atom. The number of hydrogen-bond acceptors (Lipinski definition) is 6. The molecular weight excluding hydrogens is 518 g/mol. The zero-order valence-corrected chi connectivity index (χ0v) is 22.0. The van der Waals surface area contributed by atoms with Crippen LogP contribution in [0.1, 0.15) is 17.5 Å². The highest BCUT2D eigenvalue weighted by Gasteiger charge is 2.51. The van der Waals surface area contributed by atoms with Crippen molar-refractivity contribution in [3.8, 4) is 0 Å². The van der Waals surface area contributed by atoms with Crippen LogP contribution in [0.25, 0.3) is 0 Å². The summed E-state index contributed by atoms with van der Waals surface area (Å²) in [4.78, 5) is 54.9. The second-order valence-electron chi connectivity index (χ2n) is 10.1. The number of nitrogens with two attached hydrogens (primary N) is 1. The lowest BCUT2D eigenvalue weighted by Gasteiger charge is -2.47. The zero-order chi connectivity index (χ0) is 27.3. The smallest absolute Gasteiger partial charge is 0.352 e. The zero-order valence-electron chi connectivity index (χ0n) is 21.2. The number of nitrogens with zero attached hydrogens (tertiary/aromatic N) is 4. The lowest BCUT2D eigenvalue weighted by atomic mass is 10.0. The molecule has 5 heterocycles. The Balaban J connectivity index is 1.10. The van der Waals surface area contributed by atoms with E-state index >= 15 is 0 Å². The van der Waals surface area contributed by atoms with E-state index in [0.717, 1.165) is 17.7 Å².